The maximum Gasteiger partial charge on any atom is 0.185 e. The molecule has 2 heterocycles. The van der Waals surface area contributed by atoms with Crippen LogP contribution in [0.15, 0.2) is 36.6 Å². The normalized spacial score (nSPS) is 35.9. The number of hydrogen-bond acceptors (Lipinski definition) is 6. The Balaban J connectivity index is 1.79. The lowest BCUT2D eigenvalue weighted by molar-refractivity contribution is -0.288. The van der Waals surface area contributed by atoms with Gasteiger partial charge in [0.05, 0.1) is 30.7 Å². The lowest BCUT2D eigenvalue weighted by atomic mass is 9.72. The fourth-order valence-corrected chi connectivity index (χ4v) is 6.37. The zero-order valence-corrected chi connectivity index (χ0v) is 24.3. The van der Waals surface area contributed by atoms with Gasteiger partial charge in [0, 0.05) is 30.5 Å². The Bertz CT molecular complexity index is 879. The summed E-state index contributed by atoms with van der Waals surface area (Å²) in [7, 11) is 2.03. The number of nitrogens with zero attached hydrogens (tertiary/aromatic N) is 1. The zero-order chi connectivity index (χ0) is 27.3. The van der Waals surface area contributed by atoms with Crippen molar-refractivity contribution in [2.45, 2.75) is 110 Å². The van der Waals surface area contributed by atoms with Gasteiger partial charge in [-0.3, -0.25) is 4.90 Å². The van der Waals surface area contributed by atoms with Crippen LogP contribution in [0.5, 0.6) is 0 Å². The second-order valence-corrected chi connectivity index (χ2v) is 12.6. The Morgan fingerprint density at radius 3 is 2.59 bits per heavy atom. The number of likely N-dealkylation sites (N-methyl/N-ethyl adjacent to an activating group) is 1. The van der Waals surface area contributed by atoms with E-state index >= 15 is 0 Å². The fraction of sp³-hybridized carbons (Fsp3) is 0.733. The summed E-state index contributed by atoms with van der Waals surface area (Å²) in [6.45, 7) is 15.9. The Kier molecular flexibility index (Phi) is 10.9. The van der Waals surface area contributed by atoms with Gasteiger partial charge in [-0.2, -0.15) is 0 Å². The van der Waals surface area contributed by atoms with E-state index in [4.69, 9.17) is 25.8 Å². The van der Waals surface area contributed by atoms with Gasteiger partial charge in [-0.15, -0.1) is 0 Å². The first-order valence-electron chi connectivity index (χ1n) is 13.8. The van der Waals surface area contributed by atoms with Crippen LogP contribution < -0.4 is 0 Å². The molecule has 0 aliphatic carbocycles. The molecule has 6 nitrogen and oxygen atoms in total. The SMILES string of the molecule is C=C1CCC(C)C(OC2OC(C)CC(N(C)Cc3cccc(Cl)c3)C2O)C(C)(C)CC(C)C(O)CCO1. The molecule has 2 N–H and O–H groups in total. The summed E-state index contributed by atoms with van der Waals surface area (Å²) in [5.41, 5.74) is 0.857. The minimum Gasteiger partial charge on any atom is -0.498 e. The first kappa shape index (κ1) is 30.4. The van der Waals surface area contributed by atoms with E-state index in [0.29, 0.717) is 31.0 Å². The first-order chi connectivity index (χ1) is 17.4. The molecule has 37 heavy (non-hydrogen) atoms. The highest BCUT2D eigenvalue weighted by Crippen LogP contribution is 2.40. The van der Waals surface area contributed by atoms with Crippen molar-refractivity contribution < 1.29 is 24.4 Å². The molecular formula is C30H48ClNO5. The molecule has 0 saturated carbocycles. The second kappa shape index (κ2) is 13.3. The Morgan fingerprint density at radius 1 is 1.16 bits per heavy atom. The van der Waals surface area contributed by atoms with Crippen LogP contribution >= 0.6 is 11.6 Å². The van der Waals surface area contributed by atoms with Gasteiger partial charge in [-0.05, 0) is 68.2 Å². The standard InChI is InChI=1S/C30H48ClNO5/c1-19-11-12-21(3)35-14-13-26(33)20(2)17-30(5,6)28(19)37-29-27(34)25(15-22(4)36-29)32(7)18-23-9-8-10-24(31)16-23/h8-10,16,19-20,22,25-29,33-34H,3,11-15,17-18H2,1-2,4-7H3. The Hall–Kier alpha value is -1.15. The van der Waals surface area contributed by atoms with Gasteiger partial charge in [-0.1, -0.05) is 58.0 Å². The van der Waals surface area contributed by atoms with Crippen molar-refractivity contribution in [2.24, 2.45) is 17.3 Å². The molecule has 0 amide bonds. The molecule has 1 aromatic carbocycles. The molecule has 210 valence electrons. The van der Waals surface area contributed by atoms with Crippen LogP contribution in [0.4, 0.5) is 0 Å². The van der Waals surface area contributed by atoms with Crippen molar-refractivity contribution in [3.8, 4) is 0 Å². The van der Waals surface area contributed by atoms with Crippen molar-refractivity contribution in [3.63, 3.8) is 0 Å². The topological polar surface area (TPSA) is 71.4 Å². The summed E-state index contributed by atoms with van der Waals surface area (Å²) in [5, 5.41) is 22.9. The van der Waals surface area contributed by atoms with Crippen LogP contribution in [-0.4, -0.2) is 65.5 Å². The predicted octanol–water partition coefficient (Wildman–Crippen LogP) is 5.79. The van der Waals surface area contributed by atoms with Crippen molar-refractivity contribution in [3.05, 3.63) is 47.2 Å². The first-order valence-corrected chi connectivity index (χ1v) is 14.2. The number of aliphatic hydroxyl groups is 2. The van der Waals surface area contributed by atoms with Crippen LogP contribution in [0.2, 0.25) is 5.02 Å². The van der Waals surface area contributed by atoms with E-state index in [1.165, 1.54) is 0 Å². The lowest BCUT2D eigenvalue weighted by Gasteiger charge is -2.47. The molecule has 0 bridgehead atoms. The van der Waals surface area contributed by atoms with E-state index in [1.807, 2.05) is 38.2 Å². The number of aliphatic hydroxyl groups excluding tert-OH is 2. The van der Waals surface area contributed by atoms with Gasteiger partial charge in [0.15, 0.2) is 6.29 Å². The van der Waals surface area contributed by atoms with E-state index in [0.717, 1.165) is 30.6 Å². The Labute approximate surface area is 228 Å². The summed E-state index contributed by atoms with van der Waals surface area (Å²) >= 11 is 6.20. The lowest BCUT2D eigenvalue weighted by Crippen LogP contribution is -2.57. The average Bonchev–Trinajstić information content (AvgIpc) is 2.81. The highest BCUT2D eigenvalue weighted by molar-refractivity contribution is 6.30. The fourth-order valence-electron chi connectivity index (χ4n) is 6.16. The van der Waals surface area contributed by atoms with Crippen LogP contribution in [-0.2, 0) is 20.8 Å². The number of rotatable bonds is 5. The van der Waals surface area contributed by atoms with E-state index in [9.17, 15) is 10.2 Å². The minimum absolute atomic E-state index is 0.0567. The second-order valence-electron chi connectivity index (χ2n) is 12.1. The molecule has 2 saturated heterocycles. The largest absolute Gasteiger partial charge is 0.498 e. The summed E-state index contributed by atoms with van der Waals surface area (Å²) in [6, 6.07) is 7.71. The molecule has 0 spiro atoms. The zero-order valence-electron chi connectivity index (χ0n) is 23.5. The van der Waals surface area contributed by atoms with Crippen molar-refractivity contribution in [2.75, 3.05) is 13.7 Å². The van der Waals surface area contributed by atoms with Gasteiger partial charge in [0.2, 0.25) is 0 Å². The molecular weight excluding hydrogens is 490 g/mol. The number of halogens is 1. The van der Waals surface area contributed by atoms with Gasteiger partial charge >= 0.3 is 0 Å². The Morgan fingerprint density at radius 2 is 1.89 bits per heavy atom. The van der Waals surface area contributed by atoms with E-state index in [2.05, 4.69) is 39.2 Å². The maximum absolute atomic E-state index is 11.5. The summed E-state index contributed by atoms with van der Waals surface area (Å²) < 4.78 is 18.7. The molecule has 7 heteroatoms. The highest BCUT2D eigenvalue weighted by atomic mass is 35.5. The third kappa shape index (κ3) is 8.42. The van der Waals surface area contributed by atoms with Crippen molar-refractivity contribution in [1.29, 1.82) is 0 Å². The monoisotopic (exact) mass is 537 g/mol. The van der Waals surface area contributed by atoms with Gasteiger partial charge in [-0.25, -0.2) is 0 Å². The molecule has 1 aromatic rings. The van der Waals surface area contributed by atoms with Crippen LogP contribution in [0.1, 0.15) is 72.3 Å². The molecule has 2 fully saturated rings. The van der Waals surface area contributed by atoms with E-state index in [1.54, 1.807) is 0 Å². The summed E-state index contributed by atoms with van der Waals surface area (Å²) in [5.74, 6) is 1.00. The number of benzene rings is 1. The quantitative estimate of drug-likeness (QED) is 0.495. The van der Waals surface area contributed by atoms with Gasteiger partial charge in [0.1, 0.15) is 6.10 Å². The number of allylic oxidation sites excluding steroid dienone is 1. The van der Waals surface area contributed by atoms with Crippen LogP contribution in [0.25, 0.3) is 0 Å². The summed E-state index contributed by atoms with van der Waals surface area (Å²) in [6.07, 6.45) is 1.45. The third-order valence-electron chi connectivity index (χ3n) is 8.17. The molecule has 0 aromatic heterocycles. The number of hydrogen-bond donors (Lipinski definition) is 2. The molecule has 3 rings (SSSR count). The molecule has 2 aliphatic heterocycles. The van der Waals surface area contributed by atoms with Crippen molar-refractivity contribution >= 4 is 11.6 Å². The third-order valence-corrected chi connectivity index (χ3v) is 8.41. The minimum atomic E-state index is -0.800. The van der Waals surface area contributed by atoms with Crippen LogP contribution in [0.3, 0.4) is 0 Å². The van der Waals surface area contributed by atoms with E-state index < -0.39 is 18.5 Å². The maximum atomic E-state index is 11.5. The molecule has 8 atom stereocenters. The van der Waals surface area contributed by atoms with Crippen molar-refractivity contribution in [1.82, 2.24) is 4.90 Å². The number of ether oxygens (including phenoxy) is 3. The van der Waals surface area contributed by atoms with Gasteiger partial charge in [0.25, 0.3) is 0 Å². The highest BCUT2D eigenvalue weighted by Gasteiger charge is 2.44. The van der Waals surface area contributed by atoms with Gasteiger partial charge < -0.3 is 24.4 Å². The smallest absolute Gasteiger partial charge is 0.185 e. The molecule has 8 unspecified atom stereocenters. The average molecular weight is 538 g/mol. The predicted molar refractivity (Wildman–Crippen MR) is 148 cm³/mol. The van der Waals surface area contributed by atoms with Crippen LogP contribution in [0, 0.1) is 17.3 Å². The molecule has 0 radical (unpaired) electrons. The van der Waals surface area contributed by atoms with E-state index in [-0.39, 0.29) is 35.5 Å². The molecule has 2 aliphatic rings. The summed E-state index contributed by atoms with van der Waals surface area (Å²) in [4.78, 5) is 2.17.